The number of rotatable bonds is 3. The largest absolute Gasteiger partial charge is 0.382 e. The van der Waals surface area contributed by atoms with E-state index in [0.29, 0.717) is 0 Å². The molecule has 0 aliphatic carbocycles. The number of nitrogens with one attached hydrogen (secondary N) is 4. The lowest BCUT2D eigenvalue weighted by molar-refractivity contribution is -0.124. The minimum Gasteiger partial charge on any atom is -0.382 e. The molecule has 1 aromatic rings. The number of nitrogens with two attached hydrogens (primary N) is 2. The molecule has 0 aromatic carbocycles. The summed E-state index contributed by atoms with van der Waals surface area (Å²) in [6.07, 6.45) is 0. The summed E-state index contributed by atoms with van der Waals surface area (Å²) in [6.45, 7) is 0.885. The lowest BCUT2D eigenvalue weighted by Gasteiger charge is -2.09. The number of anilines is 2. The Bertz CT molecular complexity index is 647. The molecule has 0 atom stereocenters. The van der Waals surface area contributed by atoms with Crippen molar-refractivity contribution in [1.82, 2.24) is 25.9 Å². The van der Waals surface area contributed by atoms with Crippen LogP contribution in [0.4, 0.5) is 11.6 Å². The Kier molecular flexibility index (Phi) is 5.57. The highest BCUT2D eigenvalue weighted by atomic mass is 35.5. The van der Waals surface area contributed by atoms with Crippen molar-refractivity contribution in [3.8, 4) is 0 Å². The second kappa shape index (κ2) is 7.17. The minimum absolute atomic E-state index is 0.144. The molecule has 118 valence electrons. The number of hydrogen-bond acceptors (Lipinski definition) is 8. The lowest BCUT2D eigenvalue weighted by Crippen LogP contribution is -2.46. The van der Waals surface area contributed by atoms with E-state index in [1.807, 2.05) is 10.6 Å². The highest BCUT2D eigenvalue weighted by Gasteiger charge is 2.17. The number of carbonyl (C=O) groups is 3. The van der Waals surface area contributed by atoms with Gasteiger partial charge >= 0.3 is 0 Å². The molecular formula is C10H13ClN8O3. The van der Waals surface area contributed by atoms with Crippen LogP contribution in [0.25, 0.3) is 0 Å². The number of nitrogen functional groups attached to an aromatic ring is 2. The van der Waals surface area contributed by atoms with Gasteiger partial charge in [-0.15, -0.1) is 0 Å². The van der Waals surface area contributed by atoms with Crippen LogP contribution in [0.15, 0.2) is 0 Å². The molecule has 0 saturated heterocycles. The molecule has 11 nitrogen and oxygen atoms in total. The Hall–Kier alpha value is -2.95. The summed E-state index contributed by atoms with van der Waals surface area (Å²) < 4.78 is 0. The molecular weight excluding hydrogens is 316 g/mol. The molecule has 22 heavy (non-hydrogen) atoms. The summed E-state index contributed by atoms with van der Waals surface area (Å²) in [5, 5.41) is 13.5. The van der Waals surface area contributed by atoms with E-state index in [1.54, 1.807) is 0 Å². The maximum atomic E-state index is 11.8. The van der Waals surface area contributed by atoms with Gasteiger partial charge in [0.2, 0.25) is 17.8 Å². The van der Waals surface area contributed by atoms with Crippen molar-refractivity contribution < 1.29 is 14.4 Å². The molecule has 1 rings (SSSR count). The summed E-state index contributed by atoms with van der Waals surface area (Å²) in [5.41, 5.74) is 10.5. The van der Waals surface area contributed by atoms with E-state index >= 15 is 0 Å². The van der Waals surface area contributed by atoms with Crippen molar-refractivity contribution in [2.75, 3.05) is 18.0 Å². The number of nitrogens with zero attached hydrogens (tertiary/aromatic N) is 2. The zero-order valence-corrected chi connectivity index (χ0v) is 12.1. The smallest absolute Gasteiger partial charge is 0.280 e. The van der Waals surface area contributed by atoms with Crippen LogP contribution < -0.4 is 27.4 Å². The van der Waals surface area contributed by atoms with Crippen molar-refractivity contribution in [2.24, 2.45) is 0 Å². The quantitative estimate of drug-likeness (QED) is 0.279. The molecule has 0 bridgehead atoms. The SMILES string of the molecule is CC(=O)NCC(=O)NC(=N)NC(=O)c1nc(Cl)c(N)nc1N. The van der Waals surface area contributed by atoms with Crippen LogP contribution in [0.5, 0.6) is 0 Å². The van der Waals surface area contributed by atoms with E-state index in [9.17, 15) is 14.4 Å². The number of hydrogen-bond donors (Lipinski definition) is 6. The molecule has 0 spiro atoms. The van der Waals surface area contributed by atoms with Crippen LogP contribution in [-0.4, -0.2) is 40.2 Å². The Morgan fingerprint density at radius 3 is 2.41 bits per heavy atom. The molecule has 0 saturated carbocycles. The van der Waals surface area contributed by atoms with Crippen molar-refractivity contribution in [2.45, 2.75) is 6.92 Å². The number of carbonyl (C=O) groups excluding carboxylic acids is 3. The first-order valence-electron chi connectivity index (χ1n) is 5.73. The van der Waals surface area contributed by atoms with Crippen molar-refractivity contribution >= 4 is 46.9 Å². The molecule has 0 aliphatic heterocycles. The molecule has 0 fully saturated rings. The van der Waals surface area contributed by atoms with Crippen LogP contribution in [0.1, 0.15) is 17.4 Å². The normalized spacial score (nSPS) is 9.73. The maximum Gasteiger partial charge on any atom is 0.280 e. The van der Waals surface area contributed by atoms with Crippen LogP contribution in [-0.2, 0) is 9.59 Å². The number of halogens is 1. The Morgan fingerprint density at radius 2 is 1.82 bits per heavy atom. The number of guanidine groups is 1. The van der Waals surface area contributed by atoms with E-state index in [0.717, 1.165) is 0 Å². The van der Waals surface area contributed by atoms with Gasteiger partial charge in [-0.25, -0.2) is 9.97 Å². The second-order valence-electron chi connectivity index (χ2n) is 3.92. The molecule has 0 aliphatic rings. The second-order valence-corrected chi connectivity index (χ2v) is 4.28. The third kappa shape index (κ3) is 4.86. The van der Waals surface area contributed by atoms with Gasteiger partial charge in [0.1, 0.15) is 0 Å². The maximum absolute atomic E-state index is 11.8. The Labute approximate surface area is 129 Å². The van der Waals surface area contributed by atoms with Gasteiger partial charge in [-0.1, -0.05) is 11.6 Å². The summed E-state index contributed by atoms with van der Waals surface area (Å²) in [4.78, 5) is 41.0. The van der Waals surface area contributed by atoms with E-state index in [4.69, 9.17) is 28.5 Å². The van der Waals surface area contributed by atoms with Crippen molar-refractivity contribution in [3.63, 3.8) is 0 Å². The predicted octanol–water partition coefficient (Wildman–Crippen LogP) is -1.79. The van der Waals surface area contributed by atoms with E-state index in [1.165, 1.54) is 6.92 Å². The van der Waals surface area contributed by atoms with Crippen LogP contribution >= 0.6 is 11.6 Å². The van der Waals surface area contributed by atoms with Crippen LogP contribution in [0.3, 0.4) is 0 Å². The average Bonchev–Trinajstić information content (AvgIpc) is 2.40. The molecule has 8 N–H and O–H groups in total. The predicted molar refractivity (Wildman–Crippen MR) is 77.9 cm³/mol. The van der Waals surface area contributed by atoms with Gasteiger partial charge < -0.3 is 16.8 Å². The molecule has 1 aromatic heterocycles. The van der Waals surface area contributed by atoms with E-state index < -0.39 is 23.7 Å². The van der Waals surface area contributed by atoms with Gasteiger partial charge in [-0.2, -0.15) is 0 Å². The fourth-order valence-corrected chi connectivity index (χ4v) is 1.33. The van der Waals surface area contributed by atoms with Crippen molar-refractivity contribution in [1.29, 1.82) is 5.41 Å². The van der Waals surface area contributed by atoms with E-state index in [2.05, 4.69) is 15.3 Å². The first-order valence-corrected chi connectivity index (χ1v) is 6.11. The highest BCUT2D eigenvalue weighted by molar-refractivity contribution is 6.31. The van der Waals surface area contributed by atoms with Crippen molar-refractivity contribution in [3.05, 3.63) is 10.8 Å². The minimum atomic E-state index is -0.906. The summed E-state index contributed by atoms with van der Waals surface area (Å²) >= 11 is 5.62. The zero-order valence-electron chi connectivity index (χ0n) is 11.4. The van der Waals surface area contributed by atoms with Crippen LogP contribution in [0, 0.1) is 5.41 Å². The monoisotopic (exact) mass is 328 g/mol. The van der Waals surface area contributed by atoms with E-state index in [-0.39, 0.29) is 29.0 Å². The number of amides is 3. The molecule has 3 amide bonds. The summed E-state index contributed by atoms with van der Waals surface area (Å²) in [5.74, 6) is -3.07. The average molecular weight is 329 g/mol. The summed E-state index contributed by atoms with van der Waals surface area (Å²) in [6, 6.07) is 0. The third-order valence-corrected chi connectivity index (χ3v) is 2.40. The van der Waals surface area contributed by atoms with Gasteiger partial charge in [0.15, 0.2) is 22.5 Å². The van der Waals surface area contributed by atoms with Gasteiger partial charge in [-0.3, -0.25) is 30.4 Å². The molecule has 0 radical (unpaired) electrons. The third-order valence-electron chi connectivity index (χ3n) is 2.12. The zero-order chi connectivity index (χ0) is 16.9. The number of aromatic nitrogens is 2. The van der Waals surface area contributed by atoms with Gasteiger partial charge in [0.25, 0.3) is 5.91 Å². The first kappa shape index (κ1) is 17.1. The topological polar surface area (TPSA) is 189 Å². The fraction of sp³-hybridized carbons (Fsp3) is 0.200. The standard InChI is InChI=1S/C10H13ClN8O3/c1-3(20)15-2-4(21)16-10(14)19-9(22)5-7(12)18-8(13)6(11)17-5/h2H2,1H3,(H,15,20)(H4,12,13,18)(H3,14,16,19,21,22). The Balaban J connectivity index is 2.65. The highest BCUT2D eigenvalue weighted by Crippen LogP contribution is 2.16. The summed E-state index contributed by atoms with van der Waals surface area (Å²) in [7, 11) is 0. The first-order chi connectivity index (χ1) is 10.2. The van der Waals surface area contributed by atoms with Gasteiger partial charge in [0.05, 0.1) is 6.54 Å². The van der Waals surface area contributed by atoms with Gasteiger partial charge in [-0.05, 0) is 0 Å². The molecule has 12 heteroatoms. The lowest BCUT2D eigenvalue weighted by atomic mass is 10.4. The van der Waals surface area contributed by atoms with Gasteiger partial charge in [0, 0.05) is 6.92 Å². The Morgan fingerprint density at radius 1 is 1.18 bits per heavy atom. The molecule has 1 heterocycles. The van der Waals surface area contributed by atoms with Crippen LogP contribution in [0.2, 0.25) is 5.15 Å². The fourth-order valence-electron chi connectivity index (χ4n) is 1.20. The molecule has 0 unspecified atom stereocenters.